The van der Waals surface area contributed by atoms with Crippen molar-refractivity contribution in [1.29, 1.82) is 0 Å². The molecule has 0 aliphatic heterocycles. The van der Waals surface area contributed by atoms with Gasteiger partial charge in [0, 0.05) is 24.3 Å². The van der Waals surface area contributed by atoms with E-state index in [1.165, 1.54) is 11.0 Å². The molecule has 1 amide bonds. The lowest BCUT2D eigenvalue weighted by molar-refractivity contribution is 0.0684. The molecule has 0 unspecified atom stereocenters. The monoisotopic (exact) mass is 258 g/mol. The van der Waals surface area contributed by atoms with Crippen molar-refractivity contribution in [3.05, 3.63) is 28.5 Å². The number of halogens is 1. The molecular formula is C11H15ClN2O3. The Hall–Kier alpha value is -1.17. The topological polar surface area (TPSA) is 73.7 Å². The molecule has 6 heteroatoms. The largest absolute Gasteiger partial charge is 0.395 e. The highest BCUT2D eigenvalue weighted by atomic mass is 35.5. The first-order valence-corrected chi connectivity index (χ1v) is 5.61. The van der Waals surface area contributed by atoms with E-state index in [2.05, 4.69) is 4.98 Å². The number of amides is 1. The van der Waals surface area contributed by atoms with Crippen LogP contribution in [0.5, 0.6) is 0 Å². The molecule has 17 heavy (non-hydrogen) atoms. The van der Waals surface area contributed by atoms with Gasteiger partial charge in [0.15, 0.2) is 0 Å². The summed E-state index contributed by atoms with van der Waals surface area (Å²) >= 11 is 5.77. The lowest BCUT2D eigenvalue weighted by Crippen LogP contribution is -2.35. The molecule has 0 atom stereocenters. The Bertz CT molecular complexity index is 372. The molecule has 0 spiro atoms. The van der Waals surface area contributed by atoms with Crippen LogP contribution in [0.1, 0.15) is 16.1 Å². The average molecular weight is 259 g/mol. The van der Waals surface area contributed by atoms with Gasteiger partial charge in [-0.3, -0.25) is 4.79 Å². The molecule has 0 fully saturated rings. The van der Waals surface area contributed by atoms with Crippen molar-refractivity contribution in [2.24, 2.45) is 0 Å². The molecule has 0 saturated carbocycles. The third kappa shape index (κ3) is 3.96. The average Bonchev–Trinajstić information content (AvgIpc) is 2.26. The van der Waals surface area contributed by atoms with Crippen molar-refractivity contribution in [3.63, 3.8) is 0 Å². The number of carbonyl (C=O) groups is 1. The number of aliphatic hydroxyl groups is 2. The maximum absolute atomic E-state index is 12.0. The summed E-state index contributed by atoms with van der Waals surface area (Å²) in [6.07, 6.45) is 0. The van der Waals surface area contributed by atoms with Crippen LogP contribution < -0.4 is 0 Å². The second-order valence-electron chi connectivity index (χ2n) is 3.56. The highest BCUT2D eigenvalue weighted by Gasteiger charge is 2.15. The van der Waals surface area contributed by atoms with Crippen molar-refractivity contribution in [3.8, 4) is 0 Å². The van der Waals surface area contributed by atoms with Gasteiger partial charge >= 0.3 is 0 Å². The zero-order valence-corrected chi connectivity index (χ0v) is 10.3. The maximum Gasteiger partial charge on any atom is 0.254 e. The molecule has 0 bridgehead atoms. The maximum atomic E-state index is 12.0. The van der Waals surface area contributed by atoms with Crippen LogP contribution >= 0.6 is 11.6 Å². The Morgan fingerprint density at radius 3 is 2.41 bits per heavy atom. The van der Waals surface area contributed by atoms with Gasteiger partial charge in [0.25, 0.3) is 5.91 Å². The van der Waals surface area contributed by atoms with Crippen molar-refractivity contribution in [2.75, 3.05) is 26.3 Å². The predicted molar refractivity (Wildman–Crippen MR) is 64.1 cm³/mol. The van der Waals surface area contributed by atoms with Gasteiger partial charge in [-0.2, -0.15) is 0 Å². The highest BCUT2D eigenvalue weighted by molar-refractivity contribution is 6.29. The molecule has 0 radical (unpaired) electrons. The first-order chi connectivity index (χ1) is 8.08. The van der Waals surface area contributed by atoms with E-state index < -0.39 is 0 Å². The summed E-state index contributed by atoms with van der Waals surface area (Å²) in [6.45, 7) is 1.80. The number of nitrogens with zero attached hydrogens (tertiary/aromatic N) is 2. The fraction of sp³-hybridized carbons (Fsp3) is 0.455. The van der Waals surface area contributed by atoms with Crippen LogP contribution in [0.4, 0.5) is 0 Å². The Balaban J connectivity index is 2.92. The van der Waals surface area contributed by atoms with Gasteiger partial charge in [0.2, 0.25) is 0 Å². The molecule has 0 saturated heterocycles. The summed E-state index contributed by atoms with van der Waals surface area (Å²) in [6, 6.07) is 3.09. The van der Waals surface area contributed by atoms with Crippen LogP contribution in [0, 0.1) is 6.92 Å². The smallest absolute Gasteiger partial charge is 0.254 e. The van der Waals surface area contributed by atoms with Crippen LogP contribution in [-0.4, -0.2) is 52.3 Å². The van der Waals surface area contributed by atoms with Crippen molar-refractivity contribution in [1.82, 2.24) is 9.88 Å². The van der Waals surface area contributed by atoms with Gasteiger partial charge in [-0.25, -0.2) is 4.98 Å². The van der Waals surface area contributed by atoms with Gasteiger partial charge in [-0.1, -0.05) is 11.6 Å². The lowest BCUT2D eigenvalue weighted by atomic mass is 10.2. The lowest BCUT2D eigenvalue weighted by Gasteiger charge is -2.20. The molecule has 1 rings (SSSR count). The molecule has 0 aliphatic carbocycles. The first kappa shape index (κ1) is 13.9. The van der Waals surface area contributed by atoms with Crippen LogP contribution in [0.3, 0.4) is 0 Å². The van der Waals surface area contributed by atoms with E-state index in [9.17, 15) is 4.79 Å². The van der Waals surface area contributed by atoms with Crippen LogP contribution in [0.15, 0.2) is 12.1 Å². The zero-order valence-electron chi connectivity index (χ0n) is 9.56. The van der Waals surface area contributed by atoms with Crippen molar-refractivity contribution < 1.29 is 15.0 Å². The third-order valence-electron chi connectivity index (χ3n) is 2.20. The van der Waals surface area contributed by atoms with Crippen LogP contribution in [-0.2, 0) is 0 Å². The van der Waals surface area contributed by atoms with E-state index in [0.717, 1.165) is 0 Å². The van der Waals surface area contributed by atoms with E-state index in [-0.39, 0.29) is 37.4 Å². The van der Waals surface area contributed by atoms with E-state index in [1.807, 2.05) is 0 Å². The number of pyridine rings is 1. The molecule has 1 heterocycles. The third-order valence-corrected chi connectivity index (χ3v) is 2.39. The minimum atomic E-state index is -0.277. The fourth-order valence-electron chi connectivity index (χ4n) is 1.49. The number of rotatable bonds is 5. The Morgan fingerprint density at radius 1 is 1.35 bits per heavy atom. The number of aliphatic hydroxyl groups excluding tert-OH is 2. The molecule has 1 aromatic rings. The predicted octanol–water partition coefficient (Wildman–Crippen LogP) is 0.470. The normalized spacial score (nSPS) is 10.4. The molecule has 0 aliphatic rings. The summed E-state index contributed by atoms with van der Waals surface area (Å²) in [7, 11) is 0. The fourth-order valence-corrected chi connectivity index (χ4v) is 1.74. The minimum Gasteiger partial charge on any atom is -0.395 e. The van der Waals surface area contributed by atoms with Crippen molar-refractivity contribution in [2.45, 2.75) is 6.92 Å². The quantitative estimate of drug-likeness (QED) is 0.753. The van der Waals surface area contributed by atoms with Crippen LogP contribution in [0.2, 0.25) is 5.15 Å². The Labute approximate surface area is 105 Å². The highest BCUT2D eigenvalue weighted by Crippen LogP contribution is 2.12. The van der Waals surface area contributed by atoms with E-state index in [0.29, 0.717) is 11.3 Å². The SMILES string of the molecule is Cc1cc(C(=O)N(CCO)CCO)cc(Cl)n1. The van der Waals surface area contributed by atoms with E-state index in [4.69, 9.17) is 21.8 Å². The molecule has 2 N–H and O–H groups in total. The number of hydrogen-bond acceptors (Lipinski definition) is 4. The molecule has 1 aromatic heterocycles. The number of hydrogen-bond donors (Lipinski definition) is 2. The molecule has 5 nitrogen and oxygen atoms in total. The number of carbonyl (C=O) groups excluding carboxylic acids is 1. The van der Waals surface area contributed by atoms with Gasteiger partial charge in [-0.05, 0) is 19.1 Å². The van der Waals surface area contributed by atoms with Gasteiger partial charge in [-0.15, -0.1) is 0 Å². The van der Waals surface area contributed by atoms with Gasteiger partial charge in [0.05, 0.1) is 13.2 Å². The van der Waals surface area contributed by atoms with Gasteiger partial charge < -0.3 is 15.1 Å². The van der Waals surface area contributed by atoms with Crippen LogP contribution in [0.25, 0.3) is 0 Å². The second-order valence-corrected chi connectivity index (χ2v) is 3.95. The van der Waals surface area contributed by atoms with E-state index >= 15 is 0 Å². The summed E-state index contributed by atoms with van der Waals surface area (Å²) in [5, 5.41) is 18.0. The minimum absolute atomic E-state index is 0.149. The number of aromatic nitrogens is 1. The zero-order chi connectivity index (χ0) is 12.8. The second kappa shape index (κ2) is 6.54. The Morgan fingerprint density at radius 2 is 1.94 bits per heavy atom. The summed E-state index contributed by atoms with van der Waals surface area (Å²) < 4.78 is 0. The number of aryl methyl sites for hydroxylation is 1. The molecule has 94 valence electrons. The van der Waals surface area contributed by atoms with Gasteiger partial charge in [0.1, 0.15) is 5.15 Å². The summed E-state index contributed by atoms with van der Waals surface area (Å²) in [4.78, 5) is 17.4. The standard InChI is InChI=1S/C11H15ClN2O3/c1-8-6-9(7-10(12)13-8)11(17)14(2-4-15)3-5-16/h6-7,15-16H,2-5H2,1H3. The summed E-state index contributed by atoms with van der Waals surface area (Å²) in [5.41, 5.74) is 1.05. The van der Waals surface area contributed by atoms with E-state index in [1.54, 1.807) is 13.0 Å². The van der Waals surface area contributed by atoms with Crippen molar-refractivity contribution >= 4 is 17.5 Å². The first-order valence-electron chi connectivity index (χ1n) is 5.23. The molecular weight excluding hydrogens is 244 g/mol. The summed E-state index contributed by atoms with van der Waals surface area (Å²) in [5.74, 6) is -0.277. The molecule has 0 aromatic carbocycles. The Kier molecular flexibility index (Phi) is 5.34.